The van der Waals surface area contributed by atoms with Crippen molar-refractivity contribution in [1.82, 2.24) is 0 Å². The van der Waals surface area contributed by atoms with E-state index in [1.165, 1.54) is 0 Å². The van der Waals surface area contributed by atoms with Crippen LogP contribution in [0.4, 0.5) is 11.4 Å². The van der Waals surface area contributed by atoms with Gasteiger partial charge in [-0.05, 0) is 32.4 Å². The molecule has 1 aromatic rings. The van der Waals surface area contributed by atoms with E-state index in [2.05, 4.69) is 12.2 Å². The van der Waals surface area contributed by atoms with E-state index in [0.717, 1.165) is 25.3 Å². The summed E-state index contributed by atoms with van der Waals surface area (Å²) in [5, 5.41) is 14.0. The van der Waals surface area contributed by atoms with Crippen molar-refractivity contribution in [1.29, 1.82) is 0 Å². The molecule has 0 saturated carbocycles. The Morgan fingerprint density at radius 3 is 2.89 bits per heavy atom. The molecule has 1 N–H and O–H groups in total. The topological polar surface area (TPSA) is 64.4 Å². The van der Waals surface area contributed by atoms with Crippen LogP contribution < -0.4 is 5.32 Å². The molecule has 0 aromatic heterocycles. The minimum atomic E-state index is -0.355. The first-order chi connectivity index (χ1) is 8.58. The maximum atomic E-state index is 10.7. The van der Waals surface area contributed by atoms with Crippen LogP contribution in [-0.2, 0) is 4.74 Å². The summed E-state index contributed by atoms with van der Waals surface area (Å²) in [6.45, 7) is 5.51. The van der Waals surface area contributed by atoms with E-state index < -0.39 is 0 Å². The second kappa shape index (κ2) is 5.35. The Kier molecular flexibility index (Phi) is 3.81. The van der Waals surface area contributed by atoms with E-state index in [1.807, 2.05) is 6.07 Å². The molecule has 0 amide bonds. The molecular formula is C13H18N2O3. The Balaban J connectivity index is 1.98. The van der Waals surface area contributed by atoms with Gasteiger partial charge in [-0.1, -0.05) is 0 Å². The first-order valence-corrected chi connectivity index (χ1v) is 6.18. The number of ether oxygens (including phenoxy) is 1. The van der Waals surface area contributed by atoms with Gasteiger partial charge in [-0.15, -0.1) is 0 Å². The molecule has 0 bridgehead atoms. The van der Waals surface area contributed by atoms with Crippen LogP contribution in [0, 0.1) is 23.0 Å². The first-order valence-electron chi connectivity index (χ1n) is 6.18. The van der Waals surface area contributed by atoms with E-state index in [-0.39, 0.29) is 16.7 Å². The van der Waals surface area contributed by atoms with Crippen LogP contribution in [0.5, 0.6) is 0 Å². The van der Waals surface area contributed by atoms with Gasteiger partial charge in [-0.3, -0.25) is 10.1 Å². The van der Waals surface area contributed by atoms with Crippen LogP contribution in [-0.4, -0.2) is 24.2 Å². The molecule has 1 heterocycles. The number of nitrogens with one attached hydrogen (secondary N) is 1. The first kappa shape index (κ1) is 12.8. The molecule has 2 rings (SSSR count). The van der Waals surface area contributed by atoms with Crippen LogP contribution in [0.3, 0.4) is 0 Å². The summed E-state index contributed by atoms with van der Waals surface area (Å²) >= 11 is 0. The fourth-order valence-electron chi connectivity index (χ4n) is 2.26. The number of hydrogen-bond donors (Lipinski definition) is 1. The fraction of sp³-hybridized carbons (Fsp3) is 0.538. The highest BCUT2D eigenvalue weighted by Crippen LogP contribution is 2.24. The predicted octanol–water partition coefficient (Wildman–Crippen LogP) is 2.74. The minimum Gasteiger partial charge on any atom is -0.385 e. The van der Waals surface area contributed by atoms with Crippen LogP contribution >= 0.6 is 0 Å². The molecule has 0 aliphatic carbocycles. The summed E-state index contributed by atoms with van der Waals surface area (Å²) in [7, 11) is 0. The molecule has 1 aromatic carbocycles. The zero-order chi connectivity index (χ0) is 13.1. The summed E-state index contributed by atoms with van der Waals surface area (Å²) in [6.07, 6.45) is 1.36. The third kappa shape index (κ3) is 2.79. The molecule has 0 radical (unpaired) electrons. The molecule has 98 valence electrons. The van der Waals surface area contributed by atoms with E-state index in [9.17, 15) is 10.1 Å². The number of benzene rings is 1. The molecule has 18 heavy (non-hydrogen) atoms. The second-order valence-corrected chi connectivity index (χ2v) is 4.76. The number of nitrogens with zero attached hydrogens (tertiary/aromatic N) is 1. The maximum Gasteiger partial charge on any atom is 0.272 e. The van der Waals surface area contributed by atoms with Crippen LogP contribution in [0.25, 0.3) is 0 Å². The van der Waals surface area contributed by atoms with Crippen molar-refractivity contribution in [2.45, 2.75) is 26.4 Å². The highest BCUT2D eigenvalue weighted by molar-refractivity contribution is 5.53. The largest absolute Gasteiger partial charge is 0.385 e. The highest BCUT2D eigenvalue weighted by atomic mass is 16.6. The Morgan fingerprint density at radius 2 is 2.33 bits per heavy atom. The second-order valence-electron chi connectivity index (χ2n) is 4.76. The molecule has 5 nitrogen and oxygen atoms in total. The van der Waals surface area contributed by atoms with Gasteiger partial charge in [0.15, 0.2) is 0 Å². The van der Waals surface area contributed by atoms with Gasteiger partial charge in [-0.2, -0.15) is 0 Å². The zero-order valence-electron chi connectivity index (χ0n) is 10.7. The molecule has 1 fully saturated rings. The standard InChI is InChI=1S/C13H18N2O3/c1-9-7-12(3-4-13(9)15(16)17)14-8-11-5-6-18-10(11)2/h3-4,7,10-11,14H,5-6,8H2,1-2H3. The minimum absolute atomic E-state index is 0.165. The highest BCUT2D eigenvalue weighted by Gasteiger charge is 2.23. The number of hydrogen-bond acceptors (Lipinski definition) is 4. The summed E-state index contributed by atoms with van der Waals surface area (Å²) in [4.78, 5) is 10.4. The Labute approximate surface area is 106 Å². The monoisotopic (exact) mass is 250 g/mol. The molecule has 0 spiro atoms. The van der Waals surface area contributed by atoms with Crippen molar-refractivity contribution in [2.75, 3.05) is 18.5 Å². The molecule has 1 aliphatic rings. The summed E-state index contributed by atoms with van der Waals surface area (Å²) in [6, 6.07) is 5.12. The lowest BCUT2D eigenvalue weighted by Gasteiger charge is -2.15. The van der Waals surface area contributed by atoms with E-state index in [0.29, 0.717) is 11.5 Å². The normalized spacial score (nSPS) is 23.0. The number of rotatable bonds is 4. The summed E-state index contributed by atoms with van der Waals surface area (Å²) in [5.41, 5.74) is 1.77. The number of anilines is 1. The van der Waals surface area contributed by atoms with Crippen molar-refractivity contribution >= 4 is 11.4 Å². The predicted molar refractivity (Wildman–Crippen MR) is 69.8 cm³/mol. The van der Waals surface area contributed by atoms with Crippen LogP contribution in [0.2, 0.25) is 0 Å². The third-order valence-electron chi connectivity index (χ3n) is 3.50. The molecule has 1 saturated heterocycles. The van der Waals surface area contributed by atoms with Crippen LogP contribution in [0.1, 0.15) is 18.9 Å². The average Bonchev–Trinajstić information content (AvgIpc) is 2.72. The van der Waals surface area contributed by atoms with Gasteiger partial charge in [0.1, 0.15) is 0 Å². The van der Waals surface area contributed by atoms with Gasteiger partial charge in [-0.25, -0.2) is 0 Å². The molecular weight excluding hydrogens is 232 g/mol. The third-order valence-corrected chi connectivity index (χ3v) is 3.50. The van der Waals surface area contributed by atoms with Gasteiger partial charge >= 0.3 is 0 Å². The van der Waals surface area contributed by atoms with Crippen molar-refractivity contribution in [3.63, 3.8) is 0 Å². The Hall–Kier alpha value is -1.62. The smallest absolute Gasteiger partial charge is 0.272 e. The number of nitro groups is 1. The molecule has 2 unspecified atom stereocenters. The van der Waals surface area contributed by atoms with Gasteiger partial charge in [0.05, 0.1) is 11.0 Å². The quantitative estimate of drug-likeness (QED) is 0.659. The van der Waals surface area contributed by atoms with Crippen molar-refractivity contribution < 1.29 is 9.66 Å². The van der Waals surface area contributed by atoms with Crippen LogP contribution in [0.15, 0.2) is 18.2 Å². The fourth-order valence-corrected chi connectivity index (χ4v) is 2.26. The number of aryl methyl sites for hydroxylation is 1. The van der Waals surface area contributed by atoms with Crippen molar-refractivity contribution in [2.24, 2.45) is 5.92 Å². The van der Waals surface area contributed by atoms with E-state index in [4.69, 9.17) is 4.74 Å². The molecule has 2 atom stereocenters. The van der Waals surface area contributed by atoms with Crippen molar-refractivity contribution in [3.8, 4) is 0 Å². The summed E-state index contributed by atoms with van der Waals surface area (Å²) < 4.78 is 5.50. The van der Waals surface area contributed by atoms with Gasteiger partial charge in [0, 0.05) is 36.4 Å². The lowest BCUT2D eigenvalue weighted by atomic mass is 10.0. The van der Waals surface area contributed by atoms with E-state index >= 15 is 0 Å². The summed E-state index contributed by atoms with van der Waals surface area (Å²) in [5.74, 6) is 0.514. The molecule has 1 aliphatic heterocycles. The van der Waals surface area contributed by atoms with Crippen molar-refractivity contribution in [3.05, 3.63) is 33.9 Å². The van der Waals surface area contributed by atoms with Gasteiger partial charge in [0.2, 0.25) is 0 Å². The Morgan fingerprint density at radius 1 is 1.56 bits per heavy atom. The maximum absolute atomic E-state index is 10.7. The van der Waals surface area contributed by atoms with E-state index in [1.54, 1.807) is 19.1 Å². The van der Waals surface area contributed by atoms with Gasteiger partial charge < -0.3 is 10.1 Å². The average molecular weight is 250 g/mol. The van der Waals surface area contributed by atoms with Gasteiger partial charge in [0.25, 0.3) is 5.69 Å². The molecule has 5 heteroatoms. The zero-order valence-corrected chi connectivity index (χ0v) is 10.7. The lowest BCUT2D eigenvalue weighted by Crippen LogP contribution is -2.20. The SMILES string of the molecule is Cc1cc(NCC2CCOC2C)ccc1[N+](=O)[O-]. The lowest BCUT2D eigenvalue weighted by molar-refractivity contribution is -0.385. The Bertz CT molecular complexity index is 448. The number of nitro benzene ring substituents is 1.